The molecule has 1 heterocycles. The molecule has 0 aliphatic rings. The lowest BCUT2D eigenvalue weighted by Gasteiger charge is -2.07. The Morgan fingerprint density at radius 2 is 1.67 bits per heavy atom. The largest absolute Gasteiger partial charge is 0.383 e. The zero-order valence-electron chi connectivity index (χ0n) is 13.2. The Hall–Kier alpha value is -2.80. The molecule has 2 aromatic rings. The molecule has 0 unspecified atom stereocenters. The lowest BCUT2D eigenvalue weighted by Crippen LogP contribution is -2.29. The summed E-state index contributed by atoms with van der Waals surface area (Å²) in [7, 11) is 1.54. The zero-order chi connectivity index (χ0) is 17.4. The van der Waals surface area contributed by atoms with Gasteiger partial charge in [0.1, 0.15) is 17.2 Å². The van der Waals surface area contributed by atoms with Gasteiger partial charge in [0, 0.05) is 20.2 Å². The second kappa shape index (κ2) is 8.73. The highest BCUT2D eigenvalue weighted by molar-refractivity contribution is 5.96. The Kier molecular flexibility index (Phi) is 6.39. The van der Waals surface area contributed by atoms with E-state index >= 15 is 0 Å². The van der Waals surface area contributed by atoms with Gasteiger partial charge in [-0.05, 0) is 29.8 Å². The summed E-state index contributed by atoms with van der Waals surface area (Å²) in [5, 5.41) is 5.31. The van der Waals surface area contributed by atoms with Crippen molar-refractivity contribution in [2.24, 2.45) is 0 Å². The molecule has 0 aliphatic carbocycles. The Balaban J connectivity index is 1.95. The van der Waals surface area contributed by atoms with Crippen LogP contribution >= 0.6 is 0 Å². The van der Waals surface area contributed by atoms with Gasteiger partial charge in [0.05, 0.1) is 6.61 Å². The second-order valence-electron chi connectivity index (χ2n) is 4.97. The van der Waals surface area contributed by atoms with E-state index in [4.69, 9.17) is 4.74 Å². The molecule has 0 bridgehead atoms. The van der Waals surface area contributed by atoms with Gasteiger partial charge in [0.2, 0.25) is 0 Å². The van der Waals surface area contributed by atoms with E-state index in [0.29, 0.717) is 13.2 Å². The van der Waals surface area contributed by atoms with Gasteiger partial charge >= 0.3 is 0 Å². The van der Waals surface area contributed by atoms with Crippen LogP contribution in [0.1, 0.15) is 26.5 Å². The topological polar surface area (TPSA) is 80.3 Å². The summed E-state index contributed by atoms with van der Waals surface area (Å²) < 4.78 is 17.7. The Labute approximate surface area is 139 Å². The summed E-state index contributed by atoms with van der Waals surface area (Å²) in [5.41, 5.74) is 1.05. The number of hydrogen-bond acceptors (Lipinski definition) is 4. The van der Waals surface area contributed by atoms with Crippen molar-refractivity contribution in [3.8, 4) is 0 Å². The minimum atomic E-state index is -0.411. The molecule has 7 heteroatoms. The molecule has 0 atom stereocenters. The average molecular weight is 331 g/mol. The number of pyridine rings is 1. The van der Waals surface area contributed by atoms with Gasteiger partial charge in [-0.1, -0.05) is 18.2 Å². The summed E-state index contributed by atoms with van der Waals surface area (Å²) in [4.78, 5) is 28.1. The van der Waals surface area contributed by atoms with Crippen LogP contribution in [-0.4, -0.2) is 37.1 Å². The zero-order valence-corrected chi connectivity index (χ0v) is 13.2. The summed E-state index contributed by atoms with van der Waals surface area (Å²) in [6.07, 6.45) is 0. The van der Waals surface area contributed by atoms with Crippen molar-refractivity contribution in [3.05, 3.63) is 65.2 Å². The van der Waals surface area contributed by atoms with E-state index in [1.807, 2.05) is 0 Å². The van der Waals surface area contributed by atoms with Crippen molar-refractivity contribution in [3.63, 3.8) is 0 Å². The fourth-order valence-electron chi connectivity index (χ4n) is 1.92. The van der Waals surface area contributed by atoms with Gasteiger partial charge in [-0.25, -0.2) is 9.37 Å². The molecule has 24 heavy (non-hydrogen) atoms. The lowest BCUT2D eigenvalue weighted by atomic mass is 10.2. The molecule has 0 saturated carbocycles. The summed E-state index contributed by atoms with van der Waals surface area (Å²) in [5.74, 6) is -1.12. The van der Waals surface area contributed by atoms with Gasteiger partial charge in [-0.3, -0.25) is 9.59 Å². The Bertz CT molecular complexity index is 704. The number of ether oxygens (including phenoxy) is 1. The Morgan fingerprint density at radius 1 is 1.04 bits per heavy atom. The quantitative estimate of drug-likeness (QED) is 0.754. The molecular weight excluding hydrogens is 313 g/mol. The van der Waals surface area contributed by atoms with Crippen LogP contribution in [0.2, 0.25) is 0 Å². The molecule has 0 spiro atoms. The van der Waals surface area contributed by atoms with Gasteiger partial charge < -0.3 is 15.4 Å². The highest BCUT2D eigenvalue weighted by Gasteiger charge is 2.12. The van der Waals surface area contributed by atoms with Crippen LogP contribution < -0.4 is 10.6 Å². The van der Waals surface area contributed by atoms with Gasteiger partial charge in [-0.2, -0.15) is 0 Å². The van der Waals surface area contributed by atoms with Crippen molar-refractivity contribution in [2.45, 2.75) is 6.54 Å². The van der Waals surface area contributed by atoms with Gasteiger partial charge in [0.15, 0.2) is 0 Å². The number of benzene rings is 1. The van der Waals surface area contributed by atoms with Crippen LogP contribution in [0.15, 0.2) is 42.5 Å². The van der Waals surface area contributed by atoms with Crippen molar-refractivity contribution >= 4 is 11.8 Å². The molecule has 1 aromatic carbocycles. The van der Waals surface area contributed by atoms with Crippen LogP contribution in [0.4, 0.5) is 4.39 Å². The van der Waals surface area contributed by atoms with Crippen LogP contribution in [0, 0.1) is 5.82 Å². The molecule has 0 saturated heterocycles. The third-order valence-electron chi connectivity index (χ3n) is 3.17. The number of nitrogens with zero attached hydrogens (tertiary/aromatic N) is 1. The SMILES string of the molecule is COCCNC(=O)c1cccc(C(=O)NCc2ccc(F)cc2)n1. The maximum Gasteiger partial charge on any atom is 0.270 e. The second-order valence-corrected chi connectivity index (χ2v) is 4.97. The molecule has 2 rings (SSSR count). The number of rotatable bonds is 7. The molecule has 2 amide bonds. The van der Waals surface area contributed by atoms with E-state index in [1.54, 1.807) is 18.2 Å². The fraction of sp³-hybridized carbons (Fsp3) is 0.235. The first-order valence-corrected chi connectivity index (χ1v) is 7.37. The number of carbonyl (C=O) groups excluding carboxylic acids is 2. The summed E-state index contributed by atoms with van der Waals surface area (Å²) in [6.45, 7) is 0.993. The molecule has 6 nitrogen and oxygen atoms in total. The minimum absolute atomic E-state index is 0.136. The Morgan fingerprint density at radius 3 is 2.29 bits per heavy atom. The molecular formula is C17H18FN3O3. The maximum atomic E-state index is 12.8. The molecule has 126 valence electrons. The number of hydrogen-bond donors (Lipinski definition) is 2. The van der Waals surface area contributed by atoms with E-state index < -0.39 is 5.91 Å². The predicted octanol–water partition coefficient (Wildman–Crippen LogP) is 1.53. The number of amides is 2. The third-order valence-corrected chi connectivity index (χ3v) is 3.17. The van der Waals surface area contributed by atoms with E-state index in [0.717, 1.165) is 5.56 Å². The number of methoxy groups -OCH3 is 1. The number of nitrogens with one attached hydrogen (secondary N) is 2. The first-order valence-electron chi connectivity index (χ1n) is 7.37. The molecule has 0 fully saturated rings. The standard InChI is InChI=1S/C17H18FN3O3/c1-24-10-9-19-16(22)14-3-2-4-15(21-14)17(23)20-11-12-5-7-13(18)8-6-12/h2-8H,9-11H2,1H3,(H,19,22)(H,20,23). The summed E-state index contributed by atoms with van der Waals surface area (Å²) in [6, 6.07) is 10.5. The summed E-state index contributed by atoms with van der Waals surface area (Å²) >= 11 is 0. The van der Waals surface area contributed by atoms with Crippen LogP contribution in [-0.2, 0) is 11.3 Å². The number of halogens is 1. The molecule has 1 aromatic heterocycles. The molecule has 0 aliphatic heterocycles. The van der Waals surface area contributed by atoms with Gasteiger partial charge in [0.25, 0.3) is 11.8 Å². The number of carbonyl (C=O) groups is 2. The van der Waals surface area contributed by atoms with E-state index in [2.05, 4.69) is 15.6 Å². The highest BCUT2D eigenvalue weighted by Crippen LogP contribution is 2.04. The molecule has 2 N–H and O–H groups in total. The number of aromatic nitrogens is 1. The fourth-order valence-corrected chi connectivity index (χ4v) is 1.92. The first kappa shape index (κ1) is 17.6. The molecule has 0 radical (unpaired) electrons. The van der Waals surface area contributed by atoms with Crippen LogP contribution in [0.3, 0.4) is 0 Å². The smallest absolute Gasteiger partial charge is 0.270 e. The van der Waals surface area contributed by atoms with Crippen LogP contribution in [0.5, 0.6) is 0 Å². The van der Waals surface area contributed by atoms with Crippen molar-refractivity contribution in [1.82, 2.24) is 15.6 Å². The predicted molar refractivity (Wildman–Crippen MR) is 86.0 cm³/mol. The first-order chi connectivity index (χ1) is 11.6. The van der Waals surface area contributed by atoms with Crippen molar-refractivity contribution in [2.75, 3.05) is 20.3 Å². The van der Waals surface area contributed by atoms with Gasteiger partial charge in [-0.15, -0.1) is 0 Å². The minimum Gasteiger partial charge on any atom is -0.383 e. The maximum absolute atomic E-state index is 12.8. The normalized spacial score (nSPS) is 10.2. The third kappa shape index (κ3) is 5.13. The monoisotopic (exact) mass is 331 g/mol. The average Bonchev–Trinajstić information content (AvgIpc) is 2.61. The lowest BCUT2D eigenvalue weighted by molar-refractivity contribution is 0.0930. The highest BCUT2D eigenvalue weighted by atomic mass is 19.1. The van der Waals surface area contributed by atoms with E-state index in [9.17, 15) is 14.0 Å². The van der Waals surface area contributed by atoms with Crippen molar-refractivity contribution in [1.29, 1.82) is 0 Å². The van der Waals surface area contributed by atoms with E-state index in [1.165, 1.54) is 31.4 Å². The van der Waals surface area contributed by atoms with Crippen LogP contribution in [0.25, 0.3) is 0 Å². The van der Waals surface area contributed by atoms with Crippen molar-refractivity contribution < 1.29 is 18.7 Å². The van der Waals surface area contributed by atoms with E-state index in [-0.39, 0.29) is 29.7 Å².